The van der Waals surface area contributed by atoms with Crippen LogP contribution in [0.25, 0.3) is 11.0 Å². The Kier molecular flexibility index (Phi) is 3.61. The van der Waals surface area contributed by atoms with Gasteiger partial charge >= 0.3 is 5.97 Å². The number of nitrogens with zero attached hydrogens (tertiary/aromatic N) is 2. The number of carbonyl (C=O) groups is 2. The van der Waals surface area contributed by atoms with Gasteiger partial charge in [-0.05, 0) is 36.4 Å². The van der Waals surface area contributed by atoms with E-state index in [0.29, 0.717) is 24.7 Å². The molecule has 0 aliphatic carbocycles. The van der Waals surface area contributed by atoms with Crippen LogP contribution in [-0.4, -0.2) is 39.2 Å². The molecule has 2 heterocycles. The number of ether oxygens (including phenoxy) is 1. The van der Waals surface area contributed by atoms with Crippen molar-refractivity contribution in [2.45, 2.75) is 12.6 Å². The number of carbonyl (C=O) groups excluding carboxylic acids is 1. The fourth-order valence-electron chi connectivity index (χ4n) is 2.89. The number of hydrogen-bond donors (Lipinski definition) is 2. The molecule has 7 nitrogen and oxygen atoms in total. The summed E-state index contributed by atoms with van der Waals surface area (Å²) in [5, 5.41) is 11.7. The van der Waals surface area contributed by atoms with Crippen LogP contribution in [0.3, 0.4) is 0 Å². The first-order chi connectivity index (χ1) is 12.1. The van der Waals surface area contributed by atoms with Gasteiger partial charge in [0.15, 0.2) is 0 Å². The molecule has 0 spiro atoms. The number of hydrogen-bond acceptors (Lipinski definition) is 4. The predicted molar refractivity (Wildman–Crippen MR) is 89.9 cm³/mol. The Morgan fingerprint density at radius 2 is 1.88 bits per heavy atom. The Hall–Kier alpha value is -3.35. The van der Waals surface area contributed by atoms with E-state index in [9.17, 15) is 9.59 Å². The fourth-order valence-corrected chi connectivity index (χ4v) is 2.89. The van der Waals surface area contributed by atoms with Crippen molar-refractivity contribution in [1.82, 2.24) is 14.9 Å². The Balaban J connectivity index is 1.38. The molecule has 3 aromatic rings. The second-order valence-electron chi connectivity index (χ2n) is 5.83. The van der Waals surface area contributed by atoms with E-state index < -0.39 is 5.97 Å². The largest absolute Gasteiger partial charge is 0.478 e. The number of imidazole rings is 1. The van der Waals surface area contributed by atoms with Crippen LogP contribution in [-0.2, 0) is 6.54 Å². The van der Waals surface area contributed by atoms with Gasteiger partial charge in [-0.15, -0.1) is 0 Å². The first-order valence-electron chi connectivity index (χ1n) is 7.85. The fraction of sp³-hybridized carbons (Fsp3) is 0.167. The molecule has 1 aliphatic heterocycles. The van der Waals surface area contributed by atoms with Gasteiger partial charge in [-0.2, -0.15) is 4.98 Å². The highest BCUT2D eigenvalue weighted by atomic mass is 16.5. The van der Waals surface area contributed by atoms with E-state index in [-0.39, 0.29) is 17.6 Å². The minimum absolute atomic E-state index is 0.146. The smallest absolute Gasteiger partial charge is 0.335 e. The van der Waals surface area contributed by atoms with E-state index in [0.717, 1.165) is 11.0 Å². The number of benzene rings is 2. The van der Waals surface area contributed by atoms with Crippen molar-refractivity contribution in [2.75, 3.05) is 6.54 Å². The lowest BCUT2D eigenvalue weighted by molar-refractivity contribution is 0.0696. The molecule has 2 N–H and O–H groups in total. The van der Waals surface area contributed by atoms with Crippen molar-refractivity contribution < 1.29 is 19.4 Å². The van der Waals surface area contributed by atoms with Crippen LogP contribution >= 0.6 is 0 Å². The average Bonchev–Trinajstić information content (AvgIpc) is 3.17. The lowest BCUT2D eigenvalue weighted by Gasteiger charge is -2.11. The number of para-hydroxylation sites is 2. The summed E-state index contributed by atoms with van der Waals surface area (Å²) in [5.41, 5.74) is 2.45. The molecule has 126 valence electrons. The molecule has 2 aromatic carbocycles. The van der Waals surface area contributed by atoms with Crippen LogP contribution < -0.4 is 10.1 Å². The van der Waals surface area contributed by atoms with E-state index in [1.807, 2.05) is 28.8 Å². The van der Waals surface area contributed by atoms with Crippen LogP contribution in [0.2, 0.25) is 0 Å². The molecule has 0 bridgehead atoms. The van der Waals surface area contributed by atoms with Crippen molar-refractivity contribution >= 4 is 22.9 Å². The lowest BCUT2D eigenvalue weighted by Crippen LogP contribution is -2.34. The SMILES string of the molecule is O=C(O)c1ccc(C(=O)NCC2Cn3c(nc4ccccc43)O2)cc1. The third-order valence-corrected chi connectivity index (χ3v) is 4.16. The normalized spacial score (nSPS) is 15.6. The van der Waals surface area contributed by atoms with Crippen molar-refractivity contribution in [1.29, 1.82) is 0 Å². The minimum Gasteiger partial charge on any atom is -0.478 e. The summed E-state index contributed by atoms with van der Waals surface area (Å²) >= 11 is 0. The maximum atomic E-state index is 12.2. The quantitative estimate of drug-likeness (QED) is 0.759. The Bertz CT molecular complexity index is 962. The standard InChI is InChI=1S/C18H15N3O4/c22-16(11-5-7-12(8-6-11)17(23)24)19-9-13-10-21-15-4-2-1-3-14(15)20-18(21)25-13/h1-8,13H,9-10H2,(H,19,22)(H,23,24). The van der Waals surface area contributed by atoms with Gasteiger partial charge in [0.1, 0.15) is 6.10 Å². The lowest BCUT2D eigenvalue weighted by atomic mass is 10.1. The molecule has 0 radical (unpaired) electrons. The van der Waals surface area contributed by atoms with Gasteiger partial charge in [-0.25, -0.2) is 4.79 Å². The number of aromatic nitrogens is 2. The van der Waals surface area contributed by atoms with Gasteiger partial charge in [-0.3, -0.25) is 9.36 Å². The third-order valence-electron chi connectivity index (χ3n) is 4.16. The first kappa shape index (κ1) is 15.2. The zero-order valence-electron chi connectivity index (χ0n) is 13.2. The van der Waals surface area contributed by atoms with E-state index in [1.54, 1.807) is 0 Å². The van der Waals surface area contributed by atoms with Gasteiger partial charge in [-0.1, -0.05) is 12.1 Å². The number of carboxylic acid groups (broad SMARTS) is 1. The summed E-state index contributed by atoms with van der Waals surface area (Å²) in [4.78, 5) is 27.4. The van der Waals surface area contributed by atoms with Crippen LogP contribution in [0.15, 0.2) is 48.5 Å². The molecule has 0 fully saturated rings. The molecule has 1 unspecified atom stereocenters. The molecule has 25 heavy (non-hydrogen) atoms. The van der Waals surface area contributed by atoms with Gasteiger partial charge in [0.25, 0.3) is 11.9 Å². The Morgan fingerprint density at radius 1 is 1.16 bits per heavy atom. The Labute approximate surface area is 142 Å². The third kappa shape index (κ3) is 2.80. The summed E-state index contributed by atoms with van der Waals surface area (Å²) in [5.74, 6) is -1.29. The van der Waals surface area contributed by atoms with Crippen molar-refractivity contribution in [3.8, 4) is 6.01 Å². The highest BCUT2D eigenvalue weighted by Crippen LogP contribution is 2.27. The summed E-state index contributed by atoms with van der Waals surface area (Å²) in [6, 6.07) is 14.2. The summed E-state index contributed by atoms with van der Waals surface area (Å²) in [6.07, 6.45) is -0.186. The molecule has 1 aromatic heterocycles. The van der Waals surface area contributed by atoms with Crippen LogP contribution in [0.1, 0.15) is 20.7 Å². The molecule has 0 saturated carbocycles. The molecule has 1 amide bonds. The monoisotopic (exact) mass is 337 g/mol. The van der Waals surface area contributed by atoms with Gasteiger partial charge in [0.05, 0.1) is 29.7 Å². The first-order valence-corrected chi connectivity index (χ1v) is 7.85. The van der Waals surface area contributed by atoms with Gasteiger partial charge < -0.3 is 15.2 Å². The highest BCUT2D eigenvalue weighted by molar-refractivity contribution is 5.95. The molecular weight excluding hydrogens is 322 g/mol. The molecule has 0 saturated heterocycles. The van der Waals surface area contributed by atoms with E-state index in [1.165, 1.54) is 24.3 Å². The molecule has 7 heteroatoms. The van der Waals surface area contributed by atoms with Gasteiger partial charge in [0.2, 0.25) is 0 Å². The number of nitrogens with one attached hydrogen (secondary N) is 1. The zero-order valence-corrected chi connectivity index (χ0v) is 13.2. The minimum atomic E-state index is -1.02. The predicted octanol–water partition coefficient (Wildman–Crippen LogP) is 1.93. The average molecular weight is 337 g/mol. The topological polar surface area (TPSA) is 93.4 Å². The van der Waals surface area contributed by atoms with Crippen molar-refractivity contribution in [3.63, 3.8) is 0 Å². The number of aromatic carboxylic acids is 1. The molecule has 1 aliphatic rings. The number of fused-ring (bicyclic) bond motifs is 3. The molecule has 4 rings (SSSR count). The zero-order chi connectivity index (χ0) is 17.4. The van der Waals surface area contributed by atoms with E-state index >= 15 is 0 Å². The van der Waals surface area contributed by atoms with Crippen LogP contribution in [0.5, 0.6) is 6.01 Å². The number of carboxylic acids is 1. The van der Waals surface area contributed by atoms with Crippen molar-refractivity contribution in [2.24, 2.45) is 0 Å². The highest BCUT2D eigenvalue weighted by Gasteiger charge is 2.26. The summed E-state index contributed by atoms with van der Waals surface area (Å²) < 4.78 is 7.78. The van der Waals surface area contributed by atoms with Crippen molar-refractivity contribution in [3.05, 3.63) is 59.7 Å². The second-order valence-corrected chi connectivity index (χ2v) is 5.83. The number of rotatable bonds is 4. The van der Waals surface area contributed by atoms with Crippen LogP contribution in [0.4, 0.5) is 0 Å². The summed E-state index contributed by atoms with van der Waals surface area (Å²) in [6.45, 7) is 0.964. The summed E-state index contributed by atoms with van der Waals surface area (Å²) in [7, 11) is 0. The second kappa shape index (κ2) is 5.94. The van der Waals surface area contributed by atoms with Gasteiger partial charge in [0, 0.05) is 5.56 Å². The van der Waals surface area contributed by atoms with E-state index in [2.05, 4.69) is 10.3 Å². The Morgan fingerprint density at radius 3 is 2.64 bits per heavy atom. The van der Waals surface area contributed by atoms with Crippen LogP contribution in [0, 0.1) is 0 Å². The maximum Gasteiger partial charge on any atom is 0.335 e. The number of amides is 1. The maximum absolute atomic E-state index is 12.2. The molecular formula is C18H15N3O4. The molecule has 1 atom stereocenters. The van der Waals surface area contributed by atoms with E-state index in [4.69, 9.17) is 9.84 Å².